The van der Waals surface area contributed by atoms with Crippen LogP contribution < -0.4 is 4.90 Å². The van der Waals surface area contributed by atoms with Crippen LogP contribution in [0.2, 0.25) is 0 Å². The summed E-state index contributed by atoms with van der Waals surface area (Å²) in [4.78, 5) is 2.63. The van der Waals surface area contributed by atoms with E-state index in [-0.39, 0.29) is 16.2 Å². The van der Waals surface area contributed by atoms with Crippen LogP contribution in [0.3, 0.4) is 0 Å². The quantitative estimate of drug-likeness (QED) is 0.176. The summed E-state index contributed by atoms with van der Waals surface area (Å²) in [7, 11) is 0. The van der Waals surface area contributed by atoms with Crippen LogP contribution >= 0.6 is 0 Å². The third-order valence-electron chi connectivity index (χ3n) is 12.9. The van der Waals surface area contributed by atoms with Gasteiger partial charge in [0.25, 0.3) is 0 Å². The number of hydrogen-bond acceptors (Lipinski definition) is 1. The zero-order valence-corrected chi connectivity index (χ0v) is 31.8. The fraction of sp³-hybridized carbons (Fsp3) is 0.294. The molecule has 0 heterocycles. The van der Waals surface area contributed by atoms with Gasteiger partial charge in [0.1, 0.15) is 0 Å². The molecular weight excluding hydrogens is 627 g/mol. The summed E-state index contributed by atoms with van der Waals surface area (Å²) < 4.78 is 0. The molecule has 0 bridgehead atoms. The van der Waals surface area contributed by atoms with Crippen molar-refractivity contribution in [1.82, 2.24) is 0 Å². The van der Waals surface area contributed by atoms with E-state index in [4.69, 9.17) is 0 Å². The van der Waals surface area contributed by atoms with Gasteiger partial charge in [0.2, 0.25) is 0 Å². The van der Waals surface area contributed by atoms with Crippen molar-refractivity contribution >= 4 is 17.1 Å². The summed E-state index contributed by atoms with van der Waals surface area (Å²) in [6.45, 7) is 14.6. The first kappa shape index (κ1) is 33.0. The van der Waals surface area contributed by atoms with Gasteiger partial charge in [0.05, 0.1) is 11.4 Å². The monoisotopic (exact) mass is 677 g/mol. The summed E-state index contributed by atoms with van der Waals surface area (Å²) in [5, 5.41) is 0. The molecule has 0 unspecified atom stereocenters. The van der Waals surface area contributed by atoms with Crippen molar-refractivity contribution in [2.45, 2.75) is 96.3 Å². The van der Waals surface area contributed by atoms with E-state index >= 15 is 0 Å². The van der Waals surface area contributed by atoms with Gasteiger partial charge in [-0.05, 0) is 141 Å². The molecule has 0 atom stereocenters. The van der Waals surface area contributed by atoms with Crippen LogP contribution in [0.5, 0.6) is 0 Å². The molecule has 3 aliphatic carbocycles. The highest BCUT2D eigenvalue weighted by Gasteiger charge is 2.41. The van der Waals surface area contributed by atoms with Gasteiger partial charge in [-0.25, -0.2) is 0 Å². The van der Waals surface area contributed by atoms with Gasteiger partial charge >= 0.3 is 0 Å². The molecule has 0 amide bonds. The molecule has 1 nitrogen and oxygen atoms in total. The lowest BCUT2D eigenvalue weighted by atomic mass is 9.62. The van der Waals surface area contributed by atoms with Crippen LogP contribution in [-0.4, -0.2) is 0 Å². The summed E-state index contributed by atoms with van der Waals surface area (Å²) in [5.41, 5.74) is 20.4. The Morgan fingerprint density at radius 1 is 0.442 bits per heavy atom. The minimum absolute atomic E-state index is 0.0297. The Morgan fingerprint density at radius 2 is 1.10 bits per heavy atom. The molecule has 3 aliphatic rings. The van der Waals surface area contributed by atoms with Gasteiger partial charge in [-0.15, -0.1) is 0 Å². The van der Waals surface area contributed by atoms with E-state index in [1.807, 2.05) is 0 Å². The number of rotatable bonds is 5. The number of hydrogen-bond donors (Lipinski definition) is 0. The fourth-order valence-corrected chi connectivity index (χ4v) is 9.78. The Balaban J connectivity index is 1.35. The van der Waals surface area contributed by atoms with Crippen molar-refractivity contribution in [1.29, 1.82) is 0 Å². The molecule has 260 valence electrons. The number of aryl methyl sites for hydroxylation is 2. The molecule has 0 radical (unpaired) electrons. The summed E-state index contributed by atoms with van der Waals surface area (Å²) in [5.74, 6) is 0. The maximum absolute atomic E-state index is 2.63. The minimum Gasteiger partial charge on any atom is -0.310 e. The van der Waals surface area contributed by atoms with Crippen LogP contribution in [0, 0.1) is 0 Å². The van der Waals surface area contributed by atoms with E-state index < -0.39 is 0 Å². The van der Waals surface area contributed by atoms with Crippen molar-refractivity contribution in [3.05, 3.63) is 161 Å². The molecule has 0 saturated carbocycles. The van der Waals surface area contributed by atoms with Gasteiger partial charge < -0.3 is 4.90 Å². The molecule has 0 saturated heterocycles. The topological polar surface area (TPSA) is 3.24 Å². The summed E-state index contributed by atoms with van der Waals surface area (Å²) in [6, 6.07) is 48.8. The Hall–Kier alpha value is -4.88. The second kappa shape index (κ2) is 12.1. The Kier molecular flexibility index (Phi) is 7.67. The molecule has 52 heavy (non-hydrogen) atoms. The Morgan fingerprint density at radius 3 is 1.88 bits per heavy atom. The number of anilines is 3. The third-order valence-corrected chi connectivity index (χ3v) is 12.9. The average molecular weight is 678 g/mol. The average Bonchev–Trinajstić information content (AvgIpc) is 3.39. The van der Waals surface area contributed by atoms with Crippen molar-refractivity contribution in [3.8, 4) is 33.4 Å². The van der Waals surface area contributed by atoms with Crippen molar-refractivity contribution in [2.24, 2.45) is 0 Å². The van der Waals surface area contributed by atoms with Gasteiger partial charge in [-0.3, -0.25) is 0 Å². The van der Waals surface area contributed by atoms with E-state index in [0.29, 0.717) is 0 Å². The largest absolute Gasteiger partial charge is 0.310 e. The highest BCUT2D eigenvalue weighted by molar-refractivity contribution is 5.96. The standard InChI is InChI=1S/C51H51N/c1-49(2)29-30-50(3,4)48-44(49)21-14-22-46(48)52(39-27-25-36(26-28-39)34-15-8-7-9-16-34)47-33-45-42(40-19-12-13-20-43(40)51(45,5)6)32-41(47)38-24-23-35-17-10-11-18-37(35)31-38/h7-9,12-16,19-28,31-33H,10-11,17-18,29-30H2,1-6H3. The molecule has 0 fully saturated rings. The van der Waals surface area contributed by atoms with Crippen molar-refractivity contribution < 1.29 is 0 Å². The highest BCUT2D eigenvalue weighted by atomic mass is 15.1. The highest BCUT2D eigenvalue weighted by Crippen LogP contribution is 2.56. The SMILES string of the molecule is CC1(C)CCC(C)(C)c2c(N(c3ccc(-c4ccccc4)cc3)c3cc4c(cc3-c3ccc5c(c3)CCCC5)-c3ccccc3C4(C)C)cccc21. The van der Waals surface area contributed by atoms with E-state index in [9.17, 15) is 0 Å². The molecule has 0 aromatic heterocycles. The molecule has 6 aromatic rings. The second-order valence-corrected chi connectivity index (χ2v) is 17.5. The van der Waals surface area contributed by atoms with Crippen LogP contribution in [0.1, 0.15) is 101 Å². The van der Waals surface area contributed by atoms with Gasteiger partial charge in [-0.1, -0.05) is 139 Å². The molecule has 1 heteroatoms. The number of nitrogens with zero attached hydrogens (tertiary/aromatic N) is 1. The predicted octanol–water partition coefficient (Wildman–Crippen LogP) is 14.0. The summed E-state index contributed by atoms with van der Waals surface area (Å²) >= 11 is 0. The molecule has 0 aliphatic heterocycles. The zero-order chi connectivity index (χ0) is 35.8. The van der Waals surface area contributed by atoms with Gasteiger partial charge in [0.15, 0.2) is 0 Å². The maximum Gasteiger partial charge on any atom is 0.0543 e. The normalized spacial score (nSPS) is 17.4. The van der Waals surface area contributed by atoms with Gasteiger partial charge in [-0.2, -0.15) is 0 Å². The maximum atomic E-state index is 2.63. The predicted molar refractivity (Wildman–Crippen MR) is 221 cm³/mol. The van der Waals surface area contributed by atoms with E-state index in [0.717, 1.165) is 6.42 Å². The molecular formula is C51H51N. The third kappa shape index (κ3) is 5.27. The lowest BCUT2D eigenvalue weighted by Crippen LogP contribution is -2.35. The molecule has 0 N–H and O–H groups in total. The first-order chi connectivity index (χ1) is 25.0. The van der Waals surface area contributed by atoms with Crippen LogP contribution in [0.4, 0.5) is 17.1 Å². The molecule has 9 rings (SSSR count). The minimum atomic E-state index is -0.116. The fourth-order valence-electron chi connectivity index (χ4n) is 9.78. The molecule has 6 aromatic carbocycles. The zero-order valence-electron chi connectivity index (χ0n) is 31.8. The van der Waals surface area contributed by atoms with E-state index in [2.05, 4.69) is 174 Å². The lowest BCUT2D eigenvalue weighted by Gasteiger charge is -2.45. The Bertz CT molecular complexity index is 2320. The first-order valence-electron chi connectivity index (χ1n) is 19.5. The van der Waals surface area contributed by atoms with Crippen LogP contribution in [0.25, 0.3) is 33.4 Å². The van der Waals surface area contributed by atoms with Gasteiger partial charge in [0, 0.05) is 16.7 Å². The Labute approximate surface area is 311 Å². The second-order valence-electron chi connectivity index (χ2n) is 17.5. The molecule has 0 spiro atoms. The number of fused-ring (bicyclic) bond motifs is 5. The van der Waals surface area contributed by atoms with Crippen molar-refractivity contribution in [3.63, 3.8) is 0 Å². The smallest absolute Gasteiger partial charge is 0.0543 e. The first-order valence-corrected chi connectivity index (χ1v) is 19.5. The lowest BCUT2D eigenvalue weighted by molar-refractivity contribution is 0.332. The van der Waals surface area contributed by atoms with E-state index in [1.165, 1.54) is 116 Å². The van der Waals surface area contributed by atoms with Crippen LogP contribution in [-0.2, 0) is 29.1 Å². The summed E-state index contributed by atoms with van der Waals surface area (Å²) in [6.07, 6.45) is 7.27. The van der Waals surface area contributed by atoms with Crippen LogP contribution in [0.15, 0.2) is 127 Å². The van der Waals surface area contributed by atoms with E-state index in [1.54, 1.807) is 0 Å². The number of benzene rings is 6. The van der Waals surface area contributed by atoms with Crippen molar-refractivity contribution in [2.75, 3.05) is 4.90 Å².